The molecule has 0 amide bonds. The highest BCUT2D eigenvalue weighted by Gasteiger charge is 2.26. The van der Waals surface area contributed by atoms with Crippen molar-refractivity contribution in [2.45, 2.75) is 45.1 Å². The van der Waals surface area contributed by atoms with Gasteiger partial charge in [0, 0.05) is 10.5 Å². The largest absolute Gasteiger partial charge is 0.323 e. The molecule has 0 saturated heterocycles. The van der Waals surface area contributed by atoms with Gasteiger partial charge in [-0.25, -0.2) is 4.79 Å². The molecule has 1 heterocycles. The highest BCUT2D eigenvalue weighted by molar-refractivity contribution is 9.10. The van der Waals surface area contributed by atoms with Gasteiger partial charge in [0.1, 0.15) is 0 Å². The zero-order valence-corrected chi connectivity index (χ0v) is 13.9. The molecule has 114 valence electrons. The van der Waals surface area contributed by atoms with Crippen molar-refractivity contribution in [3.05, 3.63) is 32.7 Å². The molecule has 1 atom stereocenters. The lowest BCUT2D eigenvalue weighted by Gasteiger charge is -2.32. The van der Waals surface area contributed by atoms with Crippen molar-refractivity contribution in [3.8, 4) is 0 Å². The first-order valence-electron chi connectivity index (χ1n) is 7.84. The number of aromatic nitrogens is 2. The molecule has 1 fully saturated rings. The van der Waals surface area contributed by atoms with E-state index in [4.69, 9.17) is 0 Å². The molecule has 2 aromatic rings. The van der Waals surface area contributed by atoms with Crippen LogP contribution in [0.4, 0.5) is 0 Å². The molecule has 21 heavy (non-hydrogen) atoms. The predicted octanol–water partition coefficient (Wildman–Crippen LogP) is 3.85. The average Bonchev–Trinajstić information content (AvgIpc) is 2.84. The number of halogens is 1. The number of nitrogens with one attached hydrogen (secondary N) is 3. The number of imidazole rings is 1. The molecule has 1 aliphatic carbocycles. The van der Waals surface area contributed by atoms with E-state index in [0.717, 1.165) is 22.1 Å². The van der Waals surface area contributed by atoms with E-state index in [9.17, 15) is 4.79 Å². The van der Waals surface area contributed by atoms with E-state index in [1.165, 1.54) is 37.7 Å². The van der Waals surface area contributed by atoms with Gasteiger partial charge >= 0.3 is 5.69 Å². The van der Waals surface area contributed by atoms with Crippen molar-refractivity contribution in [2.75, 3.05) is 6.54 Å². The maximum absolute atomic E-state index is 11.5. The molecule has 0 radical (unpaired) electrons. The lowest BCUT2D eigenvalue weighted by molar-refractivity contribution is 0.274. The quantitative estimate of drug-likeness (QED) is 0.783. The van der Waals surface area contributed by atoms with E-state index >= 15 is 0 Å². The first-order valence-corrected chi connectivity index (χ1v) is 8.63. The van der Waals surface area contributed by atoms with Gasteiger partial charge in [-0.2, -0.15) is 0 Å². The minimum atomic E-state index is -0.147. The van der Waals surface area contributed by atoms with Crippen LogP contribution in [-0.2, 0) is 0 Å². The van der Waals surface area contributed by atoms with Crippen LogP contribution in [0.3, 0.4) is 0 Å². The minimum Gasteiger partial charge on any atom is -0.310 e. The molecule has 3 N–H and O–H groups in total. The number of aromatic amines is 2. The van der Waals surface area contributed by atoms with E-state index < -0.39 is 0 Å². The Morgan fingerprint density at radius 3 is 2.57 bits per heavy atom. The highest BCUT2D eigenvalue weighted by Crippen LogP contribution is 2.38. The van der Waals surface area contributed by atoms with Gasteiger partial charge in [0.05, 0.1) is 11.0 Å². The third kappa shape index (κ3) is 3.09. The Labute approximate surface area is 132 Å². The van der Waals surface area contributed by atoms with Gasteiger partial charge in [0.25, 0.3) is 0 Å². The lowest BCUT2D eigenvalue weighted by Crippen LogP contribution is -2.30. The topological polar surface area (TPSA) is 60.7 Å². The average molecular weight is 352 g/mol. The maximum Gasteiger partial charge on any atom is 0.323 e. The third-order valence-corrected chi connectivity index (χ3v) is 5.20. The summed E-state index contributed by atoms with van der Waals surface area (Å²) in [6.07, 6.45) is 6.58. The summed E-state index contributed by atoms with van der Waals surface area (Å²) < 4.78 is 1.07. The van der Waals surface area contributed by atoms with Crippen molar-refractivity contribution in [1.29, 1.82) is 0 Å². The second-order valence-electron chi connectivity index (χ2n) is 5.93. The smallest absolute Gasteiger partial charge is 0.310 e. The van der Waals surface area contributed by atoms with Gasteiger partial charge < -0.3 is 15.3 Å². The summed E-state index contributed by atoms with van der Waals surface area (Å²) in [4.78, 5) is 17.1. The molecule has 0 bridgehead atoms. The standard InChI is InChI=1S/C16H22BrN3O/c1-2-18-15(10-6-4-3-5-7-10)11-8-13-14(9-12(11)17)20-16(21)19-13/h8-10,15,18H,2-7H2,1H3,(H2,19,20,21). The molecule has 1 aromatic heterocycles. The van der Waals surface area contributed by atoms with Crippen LogP contribution in [0.5, 0.6) is 0 Å². The second-order valence-corrected chi connectivity index (χ2v) is 6.79. The zero-order chi connectivity index (χ0) is 14.8. The van der Waals surface area contributed by atoms with Crippen LogP contribution in [0.2, 0.25) is 0 Å². The summed E-state index contributed by atoms with van der Waals surface area (Å²) in [5.41, 5.74) is 2.85. The summed E-state index contributed by atoms with van der Waals surface area (Å²) in [7, 11) is 0. The van der Waals surface area contributed by atoms with Crippen LogP contribution in [0, 0.1) is 5.92 Å². The first-order chi connectivity index (χ1) is 10.2. The number of hydrogen-bond acceptors (Lipinski definition) is 2. The molecule has 0 spiro atoms. The van der Waals surface area contributed by atoms with Gasteiger partial charge in [0.15, 0.2) is 0 Å². The molecular weight excluding hydrogens is 330 g/mol. The number of fused-ring (bicyclic) bond motifs is 1. The molecule has 0 aliphatic heterocycles. The SMILES string of the molecule is CCNC(c1cc2[nH]c(=O)[nH]c2cc1Br)C1CCCCC1. The summed E-state index contributed by atoms with van der Waals surface area (Å²) >= 11 is 3.69. The Morgan fingerprint density at radius 2 is 1.90 bits per heavy atom. The number of hydrogen-bond donors (Lipinski definition) is 3. The Balaban J connectivity index is 2.00. The Bertz CT molecular complexity index is 670. The van der Waals surface area contributed by atoms with Gasteiger partial charge in [-0.3, -0.25) is 0 Å². The van der Waals surface area contributed by atoms with Crippen molar-refractivity contribution in [2.24, 2.45) is 5.92 Å². The normalized spacial score (nSPS) is 18.2. The van der Waals surface area contributed by atoms with Crippen LogP contribution in [0.25, 0.3) is 11.0 Å². The van der Waals surface area contributed by atoms with E-state index in [2.05, 4.69) is 44.2 Å². The second kappa shape index (κ2) is 6.36. The van der Waals surface area contributed by atoms with Gasteiger partial charge in [0.2, 0.25) is 0 Å². The summed E-state index contributed by atoms with van der Waals surface area (Å²) in [6, 6.07) is 4.47. The van der Waals surface area contributed by atoms with Crippen molar-refractivity contribution < 1.29 is 0 Å². The predicted molar refractivity (Wildman–Crippen MR) is 89.6 cm³/mol. The van der Waals surface area contributed by atoms with Crippen LogP contribution < -0.4 is 11.0 Å². The first kappa shape index (κ1) is 14.9. The Hall–Kier alpha value is -1.07. The van der Waals surface area contributed by atoms with Crippen LogP contribution in [0.15, 0.2) is 21.4 Å². The van der Waals surface area contributed by atoms with Gasteiger partial charge in [-0.15, -0.1) is 0 Å². The van der Waals surface area contributed by atoms with Crippen molar-refractivity contribution in [1.82, 2.24) is 15.3 Å². The van der Waals surface area contributed by atoms with Gasteiger partial charge in [-0.1, -0.05) is 42.1 Å². The minimum absolute atomic E-state index is 0.147. The van der Waals surface area contributed by atoms with Gasteiger partial charge in [-0.05, 0) is 43.0 Å². The third-order valence-electron chi connectivity index (χ3n) is 4.51. The molecule has 1 unspecified atom stereocenters. The molecule has 5 heteroatoms. The molecule has 1 aliphatic rings. The zero-order valence-electron chi connectivity index (χ0n) is 12.3. The Kier molecular flexibility index (Phi) is 4.50. The van der Waals surface area contributed by atoms with Crippen LogP contribution >= 0.6 is 15.9 Å². The number of benzene rings is 1. The molecule has 4 nitrogen and oxygen atoms in total. The summed E-state index contributed by atoms with van der Waals surface area (Å²) in [6.45, 7) is 3.11. The fourth-order valence-electron chi connectivity index (χ4n) is 3.53. The fourth-order valence-corrected chi connectivity index (χ4v) is 4.12. The van der Waals surface area contributed by atoms with Crippen molar-refractivity contribution >= 4 is 27.0 Å². The number of rotatable bonds is 4. The maximum atomic E-state index is 11.5. The van der Waals surface area contributed by atoms with E-state index in [1.54, 1.807) is 0 Å². The monoisotopic (exact) mass is 351 g/mol. The lowest BCUT2D eigenvalue weighted by atomic mass is 9.81. The fraction of sp³-hybridized carbons (Fsp3) is 0.562. The summed E-state index contributed by atoms with van der Waals surface area (Å²) in [5.74, 6) is 0.679. The van der Waals surface area contributed by atoms with Crippen LogP contribution in [-0.4, -0.2) is 16.5 Å². The highest BCUT2D eigenvalue weighted by atomic mass is 79.9. The summed E-state index contributed by atoms with van der Waals surface area (Å²) in [5, 5.41) is 3.65. The van der Waals surface area contributed by atoms with E-state index in [1.807, 2.05) is 6.07 Å². The van der Waals surface area contributed by atoms with E-state index in [-0.39, 0.29) is 5.69 Å². The molecular formula is C16H22BrN3O. The van der Waals surface area contributed by atoms with Crippen LogP contribution in [0.1, 0.15) is 50.6 Å². The molecule has 3 rings (SSSR count). The number of H-pyrrole nitrogens is 2. The van der Waals surface area contributed by atoms with E-state index in [0.29, 0.717) is 12.0 Å². The molecule has 1 saturated carbocycles. The Morgan fingerprint density at radius 1 is 1.24 bits per heavy atom. The molecule has 1 aromatic carbocycles. The van der Waals surface area contributed by atoms with Crippen molar-refractivity contribution in [3.63, 3.8) is 0 Å².